The Morgan fingerprint density at radius 3 is 2.86 bits per heavy atom. The van der Waals surface area contributed by atoms with Crippen molar-refractivity contribution in [3.05, 3.63) is 35.7 Å². The fourth-order valence-electron chi connectivity index (χ4n) is 3.55. The van der Waals surface area contributed by atoms with Gasteiger partial charge in [0.25, 0.3) is 0 Å². The van der Waals surface area contributed by atoms with Crippen LogP contribution in [-0.4, -0.2) is 46.2 Å². The molecule has 21 heavy (non-hydrogen) atoms. The molecule has 2 aromatic rings. The van der Waals surface area contributed by atoms with Crippen LogP contribution in [0.5, 0.6) is 0 Å². The first-order valence-corrected chi connectivity index (χ1v) is 7.59. The monoisotopic (exact) mass is 285 g/mol. The number of aryl methyl sites for hydroxylation is 1. The molecule has 0 amide bonds. The van der Waals surface area contributed by atoms with Crippen LogP contribution in [0.25, 0.3) is 5.52 Å². The number of hydrogen-bond donors (Lipinski definition) is 0. The summed E-state index contributed by atoms with van der Waals surface area (Å²) in [5, 5.41) is 4.29. The third-order valence-electron chi connectivity index (χ3n) is 4.81. The minimum absolute atomic E-state index is 0.0414. The molecular formula is C16H19N3O2. The Hall–Kier alpha value is -1.88. The fraction of sp³-hybridized carbons (Fsp3) is 0.500. The molecule has 3 saturated heterocycles. The Balaban J connectivity index is 1.58. The van der Waals surface area contributed by atoms with Crippen LogP contribution in [0.2, 0.25) is 0 Å². The predicted octanol–water partition coefficient (Wildman–Crippen LogP) is 1.89. The number of carbonyl (C=O) groups is 1. The molecule has 0 aromatic carbocycles. The second-order valence-corrected chi connectivity index (χ2v) is 6.10. The Morgan fingerprint density at radius 2 is 2.14 bits per heavy atom. The van der Waals surface area contributed by atoms with Gasteiger partial charge in [0, 0.05) is 12.2 Å². The maximum Gasteiger partial charge on any atom is 0.342 e. The molecule has 0 saturated carbocycles. The highest BCUT2D eigenvalue weighted by atomic mass is 16.5. The van der Waals surface area contributed by atoms with Gasteiger partial charge in [0.1, 0.15) is 11.7 Å². The van der Waals surface area contributed by atoms with Crippen molar-refractivity contribution in [3.8, 4) is 0 Å². The maximum absolute atomic E-state index is 12.5. The van der Waals surface area contributed by atoms with Gasteiger partial charge in [-0.1, -0.05) is 6.07 Å². The zero-order chi connectivity index (χ0) is 14.4. The van der Waals surface area contributed by atoms with E-state index in [-0.39, 0.29) is 12.1 Å². The number of piperidine rings is 3. The molecule has 5 nitrogen and oxygen atoms in total. The zero-order valence-electron chi connectivity index (χ0n) is 12.2. The number of ether oxygens (including phenoxy) is 1. The smallest absolute Gasteiger partial charge is 0.342 e. The first kappa shape index (κ1) is 12.8. The van der Waals surface area contributed by atoms with Crippen molar-refractivity contribution < 1.29 is 9.53 Å². The fourth-order valence-corrected chi connectivity index (χ4v) is 3.55. The van der Waals surface area contributed by atoms with Gasteiger partial charge in [0.2, 0.25) is 0 Å². The number of nitrogens with zero attached hydrogens (tertiary/aromatic N) is 3. The van der Waals surface area contributed by atoms with Crippen LogP contribution in [0.3, 0.4) is 0 Å². The number of fused-ring (bicyclic) bond motifs is 4. The van der Waals surface area contributed by atoms with Gasteiger partial charge in [-0.3, -0.25) is 4.90 Å². The van der Waals surface area contributed by atoms with Crippen LogP contribution in [-0.2, 0) is 4.74 Å². The number of carbonyl (C=O) groups excluding carboxylic acids is 1. The second kappa shape index (κ2) is 4.84. The normalized spacial score (nSPS) is 28.0. The van der Waals surface area contributed by atoms with Crippen LogP contribution in [0.1, 0.15) is 28.9 Å². The lowest BCUT2D eigenvalue weighted by Crippen LogP contribution is -2.51. The molecule has 0 radical (unpaired) electrons. The minimum Gasteiger partial charge on any atom is -0.457 e. The van der Waals surface area contributed by atoms with Crippen LogP contribution >= 0.6 is 0 Å². The predicted molar refractivity (Wildman–Crippen MR) is 78.3 cm³/mol. The average Bonchev–Trinajstić information content (AvgIpc) is 2.94. The summed E-state index contributed by atoms with van der Waals surface area (Å²) in [6.07, 6.45) is 3.95. The average molecular weight is 285 g/mol. The van der Waals surface area contributed by atoms with E-state index in [1.807, 2.05) is 25.1 Å². The second-order valence-electron chi connectivity index (χ2n) is 6.10. The summed E-state index contributed by atoms with van der Waals surface area (Å²) in [6, 6.07) is 5.83. The molecular weight excluding hydrogens is 266 g/mol. The molecule has 3 aliphatic heterocycles. The van der Waals surface area contributed by atoms with Crippen molar-refractivity contribution in [3.63, 3.8) is 0 Å². The standard InChI is InChI=1S/C16H19N3O2/c1-11-3-2-4-14-13(9-17-19(11)14)16(20)21-15-10-18-7-5-12(15)6-8-18/h2-4,9,12,15H,5-8,10H2,1H3/t15-/m0/s1. The summed E-state index contributed by atoms with van der Waals surface area (Å²) >= 11 is 0. The molecule has 1 atom stereocenters. The Bertz CT molecular complexity index is 686. The van der Waals surface area contributed by atoms with Gasteiger partial charge in [-0.15, -0.1) is 0 Å². The Labute approximate surface area is 123 Å². The lowest BCUT2D eigenvalue weighted by molar-refractivity contribution is -0.0454. The number of esters is 1. The van der Waals surface area contributed by atoms with E-state index in [0.29, 0.717) is 11.5 Å². The quantitative estimate of drug-likeness (QED) is 0.791. The van der Waals surface area contributed by atoms with Crippen molar-refractivity contribution >= 4 is 11.5 Å². The van der Waals surface area contributed by atoms with Crippen LogP contribution in [0.4, 0.5) is 0 Å². The summed E-state index contributed by atoms with van der Waals surface area (Å²) in [5.41, 5.74) is 2.39. The molecule has 2 aromatic heterocycles. The first-order valence-electron chi connectivity index (χ1n) is 7.59. The lowest BCUT2D eigenvalue weighted by Gasteiger charge is -2.43. The third-order valence-corrected chi connectivity index (χ3v) is 4.81. The Kier molecular flexibility index (Phi) is 2.96. The van der Waals surface area contributed by atoms with Crippen molar-refractivity contribution in [1.82, 2.24) is 14.5 Å². The van der Waals surface area contributed by atoms with E-state index in [1.54, 1.807) is 10.7 Å². The van der Waals surface area contributed by atoms with Crippen molar-refractivity contribution in [2.75, 3.05) is 19.6 Å². The summed E-state index contributed by atoms with van der Waals surface area (Å²) in [7, 11) is 0. The molecule has 3 fully saturated rings. The molecule has 5 rings (SSSR count). The molecule has 110 valence electrons. The highest BCUT2D eigenvalue weighted by Gasteiger charge is 2.36. The van der Waals surface area contributed by atoms with Gasteiger partial charge in [-0.2, -0.15) is 5.10 Å². The van der Waals surface area contributed by atoms with Gasteiger partial charge in [0.05, 0.1) is 11.7 Å². The van der Waals surface area contributed by atoms with Crippen LogP contribution in [0.15, 0.2) is 24.4 Å². The largest absolute Gasteiger partial charge is 0.457 e. The van der Waals surface area contributed by atoms with E-state index in [0.717, 1.165) is 43.7 Å². The van der Waals surface area contributed by atoms with Gasteiger partial charge < -0.3 is 4.74 Å². The van der Waals surface area contributed by atoms with Gasteiger partial charge >= 0.3 is 5.97 Å². The molecule has 5 heteroatoms. The molecule has 3 aliphatic rings. The van der Waals surface area contributed by atoms with E-state index >= 15 is 0 Å². The summed E-state index contributed by atoms with van der Waals surface area (Å²) < 4.78 is 7.57. The molecule has 5 heterocycles. The van der Waals surface area contributed by atoms with E-state index in [9.17, 15) is 4.79 Å². The van der Waals surface area contributed by atoms with E-state index in [4.69, 9.17) is 4.74 Å². The molecule has 0 aliphatic carbocycles. The Morgan fingerprint density at radius 1 is 1.33 bits per heavy atom. The van der Waals surface area contributed by atoms with Crippen LogP contribution < -0.4 is 0 Å². The van der Waals surface area contributed by atoms with E-state index < -0.39 is 0 Å². The van der Waals surface area contributed by atoms with E-state index in [2.05, 4.69) is 10.00 Å². The highest BCUT2D eigenvalue weighted by Crippen LogP contribution is 2.30. The lowest BCUT2D eigenvalue weighted by atomic mass is 9.86. The van der Waals surface area contributed by atoms with Gasteiger partial charge in [-0.25, -0.2) is 9.31 Å². The highest BCUT2D eigenvalue weighted by molar-refractivity contribution is 5.96. The third kappa shape index (κ3) is 2.12. The van der Waals surface area contributed by atoms with E-state index in [1.165, 1.54) is 0 Å². The van der Waals surface area contributed by atoms with Gasteiger partial charge in [0.15, 0.2) is 0 Å². The zero-order valence-corrected chi connectivity index (χ0v) is 12.2. The number of aromatic nitrogens is 2. The van der Waals surface area contributed by atoms with Crippen molar-refractivity contribution in [2.24, 2.45) is 5.92 Å². The molecule has 0 spiro atoms. The van der Waals surface area contributed by atoms with Crippen LogP contribution in [0, 0.1) is 12.8 Å². The number of pyridine rings is 1. The topological polar surface area (TPSA) is 46.8 Å². The number of hydrogen-bond acceptors (Lipinski definition) is 4. The molecule has 2 bridgehead atoms. The number of rotatable bonds is 2. The van der Waals surface area contributed by atoms with Gasteiger partial charge in [-0.05, 0) is 50.9 Å². The maximum atomic E-state index is 12.5. The van der Waals surface area contributed by atoms with Crippen molar-refractivity contribution in [1.29, 1.82) is 0 Å². The minimum atomic E-state index is -0.241. The SMILES string of the molecule is Cc1cccc2c(C(=O)O[C@H]3CN4CCC3CC4)cnn12. The summed E-state index contributed by atoms with van der Waals surface area (Å²) in [6.45, 7) is 5.15. The van der Waals surface area contributed by atoms with Crippen molar-refractivity contribution in [2.45, 2.75) is 25.9 Å². The molecule has 0 N–H and O–H groups in total. The summed E-state index contributed by atoms with van der Waals surface area (Å²) in [4.78, 5) is 14.9. The molecule has 0 unspecified atom stereocenters. The summed E-state index contributed by atoms with van der Waals surface area (Å²) in [5.74, 6) is 0.289. The first-order chi connectivity index (χ1) is 10.2.